The molecule has 4 aromatic rings. The Hall–Kier alpha value is -2.75. The molecule has 0 amide bonds. The maximum atomic E-state index is 13.0. The molecule has 0 aliphatic heterocycles. The second kappa shape index (κ2) is 7.82. The van der Waals surface area contributed by atoms with Gasteiger partial charge < -0.3 is 4.74 Å². The number of carbonyl (C=O) groups is 1. The zero-order chi connectivity index (χ0) is 21.5. The van der Waals surface area contributed by atoms with Gasteiger partial charge in [0.1, 0.15) is 9.88 Å². The summed E-state index contributed by atoms with van der Waals surface area (Å²) in [6.45, 7) is 3.88. The number of rotatable bonds is 5. The standard InChI is InChI=1S/C20H16ClN3O4S2/c1-3-28-20(25)16-11-23-19(29-16)15-10-22-18-14(17(15)21)8-9-24(18)30(26,27)13-6-4-12(2)5-7-13/h4-11H,3H2,1-2H3. The molecule has 0 bridgehead atoms. The quantitative estimate of drug-likeness (QED) is 0.405. The minimum absolute atomic E-state index is 0.159. The third kappa shape index (κ3) is 3.49. The highest BCUT2D eigenvalue weighted by atomic mass is 35.5. The van der Waals surface area contributed by atoms with Gasteiger partial charge in [-0.1, -0.05) is 29.3 Å². The number of ether oxygens (including phenoxy) is 1. The highest BCUT2D eigenvalue weighted by molar-refractivity contribution is 7.90. The topological polar surface area (TPSA) is 91.2 Å². The number of hydrogen-bond acceptors (Lipinski definition) is 7. The zero-order valence-corrected chi connectivity index (χ0v) is 18.4. The normalized spacial score (nSPS) is 11.7. The van der Waals surface area contributed by atoms with Crippen molar-refractivity contribution in [1.82, 2.24) is 13.9 Å². The van der Waals surface area contributed by atoms with Crippen molar-refractivity contribution < 1.29 is 17.9 Å². The molecular weight excluding hydrogens is 446 g/mol. The number of nitrogens with zero attached hydrogens (tertiary/aromatic N) is 3. The van der Waals surface area contributed by atoms with Gasteiger partial charge in [0.05, 0.1) is 22.7 Å². The number of benzene rings is 1. The van der Waals surface area contributed by atoms with E-state index in [9.17, 15) is 13.2 Å². The van der Waals surface area contributed by atoms with Crippen molar-refractivity contribution in [2.45, 2.75) is 18.7 Å². The summed E-state index contributed by atoms with van der Waals surface area (Å²) in [5.41, 5.74) is 1.68. The van der Waals surface area contributed by atoms with Crippen LogP contribution in [0.15, 0.2) is 53.8 Å². The number of pyridine rings is 1. The highest BCUT2D eigenvalue weighted by Crippen LogP contribution is 2.36. The SMILES string of the molecule is CCOC(=O)c1cnc(-c2cnc3c(ccn3S(=O)(=O)c3ccc(C)cc3)c2Cl)s1. The molecule has 10 heteroatoms. The van der Waals surface area contributed by atoms with Gasteiger partial charge in [-0.05, 0) is 32.0 Å². The van der Waals surface area contributed by atoms with Gasteiger partial charge in [0.15, 0.2) is 5.65 Å². The highest BCUT2D eigenvalue weighted by Gasteiger charge is 2.23. The van der Waals surface area contributed by atoms with Crippen molar-refractivity contribution in [2.24, 2.45) is 0 Å². The maximum Gasteiger partial charge on any atom is 0.349 e. The van der Waals surface area contributed by atoms with Crippen molar-refractivity contribution in [2.75, 3.05) is 6.61 Å². The predicted octanol–water partition coefficient (Wildman–Crippen LogP) is 4.54. The maximum absolute atomic E-state index is 13.0. The Bertz CT molecular complexity index is 1360. The van der Waals surface area contributed by atoms with Crippen LogP contribution in [0.2, 0.25) is 5.02 Å². The van der Waals surface area contributed by atoms with Gasteiger partial charge in [0.25, 0.3) is 10.0 Å². The fraction of sp³-hybridized carbons (Fsp3) is 0.150. The lowest BCUT2D eigenvalue weighted by Crippen LogP contribution is -2.12. The van der Waals surface area contributed by atoms with Crippen molar-refractivity contribution in [1.29, 1.82) is 0 Å². The van der Waals surface area contributed by atoms with Crippen LogP contribution in [0, 0.1) is 6.92 Å². The molecule has 0 spiro atoms. The Kier molecular flexibility index (Phi) is 5.35. The van der Waals surface area contributed by atoms with E-state index in [4.69, 9.17) is 16.3 Å². The van der Waals surface area contributed by atoms with Gasteiger partial charge in [-0.2, -0.15) is 0 Å². The van der Waals surface area contributed by atoms with Crippen molar-refractivity contribution in [3.8, 4) is 10.6 Å². The van der Waals surface area contributed by atoms with Crippen molar-refractivity contribution in [3.05, 3.63) is 64.4 Å². The van der Waals surface area contributed by atoms with Gasteiger partial charge in [-0.25, -0.2) is 27.2 Å². The average molecular weight is 462 g/mol. The van der Waals surface area contributed by atoms with Gasteiger partial charge in [0, 0.05) is 23.3 Å². The summed E-state index contributed by atoms with van der Waals surface area (Å²) in [6, 6.07) is 8.18. The summed E-state index contributed by atoms with van der Waals surface area (Å²) in [7, 11) is -3.83. The lowest BCUT2D eigenvalue weighted by Gasteiger charge is -2.08. The Morgan fingerprint density at radius 2 is 1.90 bits per heavy atom. The molecule has 0 aliphatic rings. The van der Waals surface area contributed by atoms with Crippen LogP contribution >= 0.6 is 22.9 Å². The summed E-state index contributed by atoms with van der Waals surface area (Å²) in [5.74, 6) is -0.457. The molecule has 1 aromatic carbocycles. The van der Waals surface area contributed by atoms with E-state index in [2.05, 4.69) is 9.97 Å². The summed E-state index contributed by atoms with van der Waals surface area (Å²) < 4.78 is 32.2. The Morgan fingerprint density at radius 3 is 2.60 bits per heavy atom. The molecule has 7 nitrogen and oxygen atoms in total. The van der Waals surface area contributed by atoms with Crippen LogP contribution < -0.4 is 0 Å². The minimum Gasteiger partial charge on any atom is -0.462 e. The fourth-order valence-corrected chi connectivity index (χ4v) is 5.36. The van der Waals surface area contributed by atoms with Crippen LogP contribution in [0.3, 0.4) is 0 Å². The van der Waals surface area contributed by atoms with Crippen LogP contribution in [0.1, 0.15) is 22.2 Å². The number of carbonyl (C=O) groups excluding carboxylic acids is 1. The lowest BCUT2D eigenvalue weighted by atomic mass is 10.2. The molecule has 0 atom stereocenters. The predicted molar refractivity (Wildman–Crippen MR) is 116 cm³/mol. The van der Waals surface area contributed by atoms with Gasteiger partial charge in [-0.3, -0.25) is 0 Å². The number of hydrogen-bond donors (Lipinski definition) is 0. The first-order valence-electron chi connectivity index (χ1n) is 8.94. The number of esters is 1. The van der Waals surface area contributed by atoms with E-state index >= 15 is 0 Å². The first kappa shape index (κ1) is 20.5. The molecule has 0 unspecified atom stereocenters. The largest absolute Gasteiger partial charge is 0.462 e. The third-order valence-corrected chi connectivity index (χ3v) is 7.50. The summed E-state index contributed by atoms with van der Waals surface area (Å²) in [5, 5.41) is 1.27. The van der Waals surface area contributed by atoms with E-state index in [1.165, 1.54) is 18.6 Å². The van der Waals surface area contributed by atoms with E-state index in [-0.39, 0.29) is 17.1 Å². The van der Waals surface area contributed by atoms with Crippen LogP contribution in [0.4, 0.5) is 0 Å². The molecule has 154 valence electrons. The van der Waals surface area contributed by atoms with E-state index < -0.39 is 16.0 Å². The Morgan fingerprint density at radius 1 is 1.17 bits per heavy atom. The first-order valence-corrected chi connectivity index (χ1v) is 11.6. The second-order valence-corrected chi connectivity index (χ2v) is 9.63. The molecule has 0 N–H and O–H groups in total. The molecule has 0 radical (unpaired) electrons. The van der Waals surface area contributed by atoms with Gasteiger partial charge >= 0.3 is 5.97 Å². The van der Waals surface area contributed by atoms with Crippen molar-refractivity contribution in [3.63, 3.8) is 0 Å². The Balaban J connectivity index is 1.77. The molecule has 0 saturated heterocycles. The summed E-state index contributed by atoms with van der Waals surface area (Å²) in [6.07, 6.45) is 4.31. The fourth-order valence-electron chi connectivity index (χ4n) is 2.89. The van der Waals surface area contributed by atoms with E-state index in [0.717, 1.165) is 20.9 Å². The monoisotopic (exact) mass is 461 g/mol. The van der Waals surface area contributed by atoms with Crippen LogP contribution in [0.25, 0.3) is 21.6 Å². The van der Waals surface area contributed by atoms with E-state index in [1.54, 1.807) is 37.3 Å². The van der Waals surface area contributed by atoms with Crippen molar-refractivity contribution >= 4 is 50.0 Å². The van der Waals surface area contributed by atoms with Crippen LogP contribution in [-0.2, 0) is 14.8 Å². The molecular formula is C20H16ClN3O4S2. The lowest BCUT2D eigenvalue weighted by molar-refractivity contribution is 0.0532. The molecule has 0 fully saturated rings. The summed E-state index contributed by atoms with van der Waals surface area (Å²) in [4.78, 5) is 21.0. The number of thiazole rings is 1. The summed E-state index contributed by atoms with van der Waals surface area (Å²) >= 11 is 7.69. The molecule has 0 saturated carbocycles. The third-order valence-electron chi connectivity index (χ3n) is 4.41. The molecule has 3 heterocycles. The number of fused-ring (bicyclic) bond motifs is 1. The number of aryl methyl sites for hydroxylation is 1. The Labute approximate surface area is 182 Å². The molecule has 4 rings (SSSR count). The van der Waals surface area contributed by atoms with E-state index in [1.807, 2.05) is 6.92 Å². The van der Waals surface area contributed by atoms with Crippen LogP contribution in [-0.4, -0.2) is 34.9 Å². The number of halogens is 1. The molecule has 3 aromatic heterocycles. The first-order chi connectivity index (χ1) is 14.3. The molecule has 30 heavy (non-hydrogen) atoms. The number of aromatic nitrogens is 3. The van der Waals surface area contributed by atoms with E-state index in [0.29, 0.717) is 25.9 Å². The van der Waals surface area contributed by atoms with Gasteiger partial charge in [0.2, 0.25) is 0 Å². The minimum atomic E-state index is -3.83. The van der Waals surface area contributed by atoms with Crippen LogP contribution in [0.5, 0.6) is 0 Å². The smallest absolute Gasteiger partial charge is 0.349 e. The van der Waals surface area contributed by atoms with Gasteiger partial charge in [-0.15, -0.1) is 11.3 Å². The average Bonchev–Trinajstić information content (AvgIpc) is 3.37. The second-order valence-electron chi connectivity index (χ2n) is 6.40. The molecule has 0 aliphatic carbocycles. The zero-order valence-electron chi connectivity index (χ0n) is 16.0.